The van der Waals surface area contributed by atoms with Crippen LogP contribution in [0.1, 0.15) is 26.3 Å². The molecule has 3 amide bonds. The van der Waals surface area contributed by atoms with Crippen LogP contribution in [0.2, 0.25) is 5.02 Å². The fourth-order valence-electron chi connectivity index (χ4n) is 3.73. The summed E-state index contributed by atoms with van der Waals surface area (Å²) >= 11 is 5.99. The highest BCUT2D eigenvalue weighted by atomic mass is 35.5. The Morgan fingerprint density at radius 2 is 1.63 bits per heavy atom. The quantitative estimate of drug-likeness (QED) is 0.756. The van der Waals surface area contributed by atoms with Gasteiger partial charge in [-0.05, 0) is 24.3 Å². The third kappa shape index (κ3) is 3.57. The SMILES string of the molecule is C=C1c2ccccc2C(=O)N1CC(=O)N1CCN(C(=O)c2ccc(F)cc2Cl)CC1. The topological polar surface area (TPSA) is 60.9 Å². The highest BCUT2D eigenvalue weighted by Crippen LogP contribution is 2.31. The molecule has 0 atom stereocenters. The van der Waals surface area contributed by atoms with Gasteiger partial charge in [0, 0.05) is 43.0 Å². The van der Waals surface area contributed by atoms with E-state index in [-0.39, 0.29) is 34.9 Å². The van der Waals surface area contributed by atoms with Crippen LogP contribution in [0.4, 0.5) is 4.39 Å². The van der Waals surface area contributed by atoms with Crippen LogP contribution in [0, 0.1) is 5.82 Å². The molecular weight excluding hydrogens is 409 g/mol. The first-order valence-electron chi connectivity index (χ1n) is 9.49. The average Bonchev–Trinajstić information content (AvgIpc) is 2.98. The first-order valence-corrected chi connectivity index (χ1v) is 9.87. The number of carbonyl (C=O) groups excluding carboxylic acids is 3. The molecule has 154 valence electrons. The van der Waals surface area contributed by atoms with Crippen LogP contribution < -0.4 is 0 Å². The Bertz CT molecular complexity index is 1030. The van der Waals surface area contributed by atoms with Crippen LogP contribution in [-0.2, 0) is 4.79 Å². The predicted molar refractivity (Wildman–Crippen MR) is 110 cm³/mol. The minimum absolute atomic E-state index is 0.0594. The van der Waals surface area contributed by atoms with Crippen molar-refractivity contribution in [2.75, 3.05) is 32.7 Å². The summed E-state index contributed by atoms with van der Waals surface area (Å²) in [4.78, 5) is 42.6. The van der Waals surface area contributed by atoms with Crippen LogP contribution in [0.25, 0.3) is 5.70 Å². The zero-order chi connectivity index (χ0) is 21.4. The number of benzene rings is 2. The number of carbonyl (C=O) groups is 3. The summed E-state index contributed by atoms with van der Waals surface area (Å²) in [5.74, 6) is -1.24. The second kappa shape index (κ2) is 7.91. The lowest BCUT2D eigenvalue weighted by Gasteiger charge is -2.35. The van der Waals surface area contributed by atoms with E-state index in [1.165, 1.54) is 17.0 Å². The molecule has 0 N–H and O–H groups in total. The van der Waals surface area contributed by atoms with Gasteiger partial charge in [-0.25, -0.2) is 4.39 Å². The van der Waals surface area contributed by atoms with E-state index in [2.05, 4.69) is 6.58 Å². The van der Waals surface area contributed by atoms with Crippen LogP contribution in [0.3, 0.4) is 0 Å². The van der Waals surface area contributed by atoms with E-state index in [1.807, 2.05) is 12.1 Å². The molecule has 4 rings (SSSR count). The standard InChI is InChI=1S/C22H19ClFN3O3/c1-14-16-4-2-3-5-17(16)22(30)27(14)13-20(28)25-8-10-26(11-9-25)21(29)18-7-6-15(24)12-19(18)23/h2-7,12H,1,8-11,13H2. The van der Waals surface area contributed by atoms with Crippen LogP contribution in [-0.4, -0.2) is 65.1 Å². The fraction of sp³-hybridized carbons (Fsp3) is 0.227. The molecule has 8 heteroatoms. The lowest BCUT2D eigenvalue weighted by molar-refractivity contribution is -0.132. The van der Waals surface area contributed by atoms with Crippen molar-refractivity contribution in [2.24, 2.45) is 0 Å². The number of halogens is 2. The predicted octanol–water partition coefficient (Wildman–Crippen LogP) is 2.89. The van der Waals surface area contributed by atoms with Crippen molar-refractivity contribution in [3.05, 3.63) is 76.6 Å². The average molecular weight is 428 g/mol. The minimum atomic E-state index is -0.507. The van der Waals surface area contributed by atoms with Gasteiger partial charge >= 0.3 is 0 Å². The van der Waals surface area contributed by atoms with Gasteiger partial charge in [0.2, 0.25) is 5.91 Å². The largest absolute Gasteiger partial charge is 0.338 e. The van der Waals surface area contributed by atoms with Crippen LogP contribution in [0.15, 0.2) is 49.0 Å². The van der Waals surface area contributed by atoms with Gasteiger partial charge in [0.25, 0.3) is 11.8 Å². The number of hydrogen-bond donors (Lipinski definition) is 0. The van der Waals surface area contributed by atoms with Gasteiger partial charge in [-0.15, -0.1) is 0 Å². The van der Waals surface area contributed by atoms with Crippen molar-refractivity contribution in [1.29, 1.82) is 0 Å². The minimum Gasteiger partial charge on any atom is -0.338 e. The van der Waals surface area contributed by atoms with Crippen molar-refractivity contribution in [3.63, 3.8) is 0 Å². The van der Waals surface area contributed by atoms with E-state index in [0.29, 0.717) is 37.4 Å². The summed E-state index contributed by atoms with van der Waals surface area (Å²) in [6, 6.07) is 10.8. The number of fused-ring (bicyclic) bond motifs is 1. The first kappa shape index (κ1) is 20.1. The molecule has 2 aromatic carbocycles. The number of rotatable bonds is 3. The molecule has 0 radical (unpaired) electrons. The van der Waals surface area contributed by atoms with Gasteiger partial charge in [-0.2, -0.15) is 0 Å². The molecule has 0 aliphatic carbocycles. The van der Waals surface area contributed by atoms with E-state index in [1.54, 1.807) is 21.9 Å². The summed E-state index contributed by atoms with van der Waals surface area (Å²) in [6.07, 6.45) is 0. The Kier molecular flexibility index (Phi) is 5.30. The Morgan fingerprint density at radius 3 is 2.27 bits per heavy atom. The molecule has 0 spiro atoms. The Morgan fingerprint density at radius 1 is 1.00 bits per heavy atom. The number of amides is 3. The smallest absolute Gasteiger partial charge is 0.259 e. The Hall–Kier alpha value is -3.19. The molecule has 1 saturated heterocycles. The van der Waals surface area contributed by atoms with Gasteiger partial charge in [0.15, 0.2) is 0 Å². The fourth-order valence-corrected chi connectivity index (χ4v) is 3.98. The highest BCUT2D eigenvalue weighted by Gasteiger charge is 2.34. The second-order valence-electron chi connectivity index (χ2n) is 7.18. The van der Waals surface area contributed by atoms with Gasteiger partial charge in [-0.1, -0.05) is 36.4 Å². The first-order chi connectivity index (χ1) is 14.4. The maximum absolute atomic E-state index is 13.2. The summed E-state index contributed by atoms with van der Waals surface area (Å²) in [5, 5.41) is 0.0594. The molecule has 0 saturated carbocycles. The molecule has 2 aromatic rings. The van der Waals surface area contributed by atoms with E-state index < -0.39 is 5.82 Å². The van der Waals surface area contributed by atoms with E-state index in [0.717, 1.165) is 11.6 Å². The van der Waals surface area contributed by atoms with Gasteiger partial charge in [0.05, 0.1) is 10.6 Å². The lowest BCUT2D eigenvalue weighted by atomic mass is 10.1. The van der Waals surface area contributed by atoms with Crippen molar-refractivity contribution < 1.29 is 18.8 Å². The van der Waals surface area contributed by atoms with Gasteiger partial charge in [0.1, 0.15) is 12.4 Å². The number of piperazine rings is 1. The highest BCUT2D eigenvalue weighted by molar-refractivity contribution is 6.33. The van der Waals surface area contributed by atoms with Crippen molar-refractivity contribution >= 4 is 35.0 Å². The van der Waals surface area contributed by atoms with E-state index in [9.17, 15) is 18.8 Å². The zero-order valence-corrected chi connectivity index (χ0v) is 16.9. The molecule has 2 aliphatic rings. The molecule has 30 heavy (non-hydrogen) atoms. The molecule has 0 unspecified atom stereocenters. The summed E-state index contributed by atoms with van der Waals surface area (Å²) in [6.45, 7) is 5.19. The molecule has 1 fully saturated rings. The summed E-state index contributed by atoms with van der Waals surface area (Å²) in [7, 11) is 0. The molecule has 2 aliphatic heterocycles. The lowest BCUT2D eigenvalue weighted by Crippen LogP contribution is -2.52. The summed E-state index contributed by atoms with van der Waals surface area (Å²) in [5.41, 5.74) is 2.03. The van der Waals surface area contributed by atoms with Gasteiger partial charge < -0.3 is 9.80 Å². The van der Waals surface area contributed by atoms with Gasteiger partial charge in [-0.3, -0.25) is 19.3 Å². The normalized spacial score (nSPS) is 16.1. The maximum atomic E-state index is 13.2. The molecule has 2 heterocycles. The third-order valence-corrected chi connectivity index (χ3v) is 5.73. The number of hydrogen-bond acceptors (Lipinski definition) is 3. The zero-order valence-electron chi connectivity index (χ0n) is 16.1. The Balaban J connectivity index is 1.37. The summed E-state index contributed by atoms with van der Waals surface area (Å²) < 4.78 is 13.2. The molecule has 0 bridgehead atoms. The third-order valence-electron chi connectivity index (χ3n) is 5.41. The molecule has 0 aromatic heterocycles. The molecular formula is C22H19ClFN3O3. The van der Waals surface area contributed by atoms with Crippen LogP contribution >= 0.6 is 11.6 Å². The van der Waals surface area contributed by atoms with Crippen molar-refractivity contribution in [3.8, 4) is 0 Å². The van der Waals surface area contributed by atoms with Crippen molar-refractivity contribution in [1.82, 2.24) is 14.7 Å². The maximum Gasteiger partial charge on any atom is 0.259 e. The van der Waals surface area contributed by atoms with Crippen molar-refractivity contribution in [2.45, 2.75) is 0 Å². The second-order valence-corrected chi connectivity index (χ2v) is 7.59. The van der Waals surface area contributed by atoms with Crippen LogP contribution in [0.5, 0.6) is 0 Å². The molecule has 6 nitrogen and oxygen atoms in total. The van der Waals surface area contributed by atoms with E-state index >= 15 is 0 Å². The number of nitrogens with zero attached hydrogens (tertiary/aromatic N) is 3. The monoisotopic (exact) mass is 427 g/mol. The van der Waals surface area contributed by atoms with E-state index in [4.69, 9.17) is 11.6 Å². The Labute approximate surface area is 178 Å².